The van der Waals surface area contributed by atoms with Gasteiger partial charge in [0.15, 0.2) is 11.5 Å². The van der Waals surface area contributed by atoms with Crippen molar-refractivity contribution < 1.29 is 19.0 Å². The Kier molecular flexibility index (Phi) is 5.94. The van der Waals surface area contributed by atoms with Crippen molar-refractivity contribution in [2.75, 3.05) is 26.2 Å². The Hall–Kier alpha value is -4.06. The van der Waals surface area contributed by atoms with E-state index in [1.54, 1.807) is 38.4 Å². The van der Waals surface area contributed by atoms with E-state index in [1.165, 1.54) is 0 Å². The lowest BCUT2D eigenvalue weighted by molar-refractivity contribution is -0.113. The molecule has 4 rings (SSSR count). The molecule has 32 heavy (non-hydrogen) atoms. The number of aryl methyl sites for hydroxylation is 1. The molecule has 0 unspecified atom stereocenters. The average Bonchev–Trinajstić information content (AvgIpc) is 3.15. The van der Waals surface area contributed by atoms with Gasteiger partial charge in [0.1, 0.15) is 17.3 Å². The summed E-state index contributed by atoms with van der Waals surface area (Å²) in [6, 6.07) is 20.8. The topological polar surface area (TPSA) is 60.4 Å². The molecule has 1 amide bonds. The number of rotatable bonds is 6. The second-order valence-corrected chi connectivity index (χ2v) is 7.28. The minimum absolute atomic E-state index is 0.208. The Morgan fingerprint density at radius 2 is 1.50 bits per heavy atom. The highest BCUT2D eigenvalue weighted by atomic mass is 16.5. The van der Waals surface area contributed by atoms with Crippen LogP contribution in [-0.2, 0) is 4.79 Å². The van der Waals surface area contributed by atoms with Crippen molar-refractivity contribution in [1.29, 1.82) is 0 Å². The zero-order chi connectivity index (χ0) is 22.7. The first-order chi connectivity index (χ1) is 15.5. The number of amides is 1. The molecule has 162 valence electrons. The molecule has 1 aliphatic heterocycles. The Morgan fingerprint density at radius 3 is 2.12 bits per heavy atom. The summed E-state index contributed by atoms with van der Waals surface area (Å²) in [5.41, 5.74) is 3.83. The summed E-state index contributed by atoms with van der Waals surface area (Å²) in [4.78, 5) is 19.8. The maximum absolute atomic E-state index is 13.4. The van der Waals surface area contributed by atoms with E-state index in [1.807, 2.05) is 67.6 Å². The maximum Gasteiger partial charge on any atom is 0.282 e. The van der Waals surface area contributed by atoms with Gasteiger partial charge in [0.25, 0.3) is 5.91 Å². The predicted molar refractivity (Wildman–Crippen MR) is 126 cm³/mol. The van der Waals surface area contributed by atoms with Crippen LogP contribution in [-0.4, -0.2) is 33.1 Å². The lowest BCUT2D eigenvalue weighted by Gasteiger charge is -2.19. The van der Waals surface area contributed by atoms with Crippen LogP contribution in [0.4, 0.5) is 5.69 Å². The molecule has 0 saturated heterocycles. The molecule has 0 fully saturated rings. The highest BCUT2D eigenvalue weighted by molar-refractivity contribution is 6.33. The number of hydrogen-bond acceptors (Lipinski definition) is 5. The summed E-state index contributed by atoms with van der Waals surface area (Å²) in [6.07, 6.45) is 1.75. The van der Waals surface area contributed by atoms with Crippen molar-refractivity contribution in [2.24, 2.45) is 4.99 Å². The van der Waals surface area contributed by atoms with E-state index in [-0.39, 0.29) is 5.91 Å². The van der Waals surface area contributed by atoms with Gasteiger partial charge in [-0.2, -0.15) is 0 Å². The molecular weight excluding hydrogens is 404 g/mol. The minimum Gasteiger partial charge on any atom is -0.497 e. The fourth-order valence-electron chi connectivity index (χ4n) is 3.48. The zero-order valence-corrected chi connectivity index (χ0v) is 18.5. The number of benzene rings is 3. The van der Waals surface area contributed by atoms with Crippen LogP contribution in [0.15, 0.2) is 77.4 Å². The summed E-state index contributed by atoms with van der Waals surface area (Å²) in [5, 5.41) is 0. The van der Waals surface area contributed by atoms with E-state index in [9.17, 15) is 4.79 Å². The monoisotopic (exact) mass is 428 g/mol. The Bertz CT molecular complexity index is 1200. The first kappa shape index (κ1) is 21.2. The highest BCUT2D eigenvalue weighted by Gasteiger charge is 2.32. The number of methoxy groups -OCH3 is 3. The van der Waals surface area contributed by atoms with Crippen LogP contribution in [0.1, 0.15) is 16.7 Å². The Labute approximate surface area is 187 Å². The van der Waals surface area contributed by atoms with Crippen molar-refractivity contribution in [3.05, 3.63) is 89.1 Å². The largest absolute Gasteiger partial charge is 0.497 e. The summed E-state index contributed by atoms with van der Waals surface area (Å²) in [7, 11) is 4.77. The Morgan fingerprint density at radius 1 is 0.812 bits per heavy atom. The lowest BCUT2D eigenvalue weighted by Crippen LogP contribution is -2.32. The molecule has 1 aliphatic rings. The number of carbonyl (C=O) groups is 1. The molecule has 0 radical (unpaired) electrons. The molecule has 6 nitrogen and oxygen atoms in total. The van der Waals surface area contributed by atoms with Crippen molar-refractivity contribution in [1.82, 2.24) is 0 Å². The average molecular weight is 428 g/mol. The van der Waals surface area contributed by atoms with Gasteiger partial charge in [-0.25, -0.2) is 4.99 Å². The van der Waals surface area contributed by atoms with E-state index in [0.717, 1.165) is 22.4 Å². The first-order valence-corrected chi connectivity index (χ1v) is 10.1. The third-order valence-corrected chi connectivity index (χ3v) is 5.21. The van der Waals surface area contributed by atoms with Crippen LogP contribution in [0.25, 0.3) is 6.08 Å². The molecule has 0 bridgehead atoms. The van der Waals surface area contributed by atoms with Crippen molar-refractivity contribution in [3.8, 4) is 17.2 Å². The van der Waals surface area contributed by atoms with Crippen molar-refractivity contribution in [3.63, 3.8) is 0 Å². The van der Waals surface area contributed by atoms with Crippen molar-refractivity contribution >= 4 is 23.5 Å². The summed E-state index contributed by atoms with van der Waals surface area (Å²) in [6.45, 7) is 2.02. The van der Waals surface area contributed by atoms with Gasteiger partial charge in [0, 0.05) is 5.56 Å². The van der Waals surface area contributed by atoms with Crippen LogP contribution >= 0.6 is 0 Å². The van der Waals surface area contributed by atoms with Crippen LogP contribution in [0, 0.1) is 6.92 Å². The fraction of sp³-hybridized carbons (Fsp3) is 0.154. The van der Waals surface area contributed by atoms with E-state index in [4.69, 9.17) is 19.2 Å². The molecule has 3 aromatic carbocycles. The molecule has 0 spiro atoms. The molecule has 1 heterocycles. The van der Waals surface area contributed by atoms with Gasteiger partial charge in [0.2, 0.25) is 0 Å². The molecular formula is C26H24N2O4. The molecule has 0 N–H and O–H groups in total. The predicted octanol–water partition coefficient (Wildman–Crippen LogP) is 4.86. The number of nitrogens with zero attached hydrogens (tertiary/aromatic N) is 2. The highest BCUT2D eigenvalue weighted by Crippen LogP contribution is 2.32. The first-order valence-electron chi connectivity index (χ1n) is 10.1. The van der Waals surface area contributed by atoms with E-state index >= 15 is 0 Å². The van der Waals surface area contributed by atoms with E-state index < -0.39 is 0 Å². The summed E-state index contributed by atoms with van der Waals surface area (Å²) in [5.74, 6) is 2.29. The normalized spacial score (nSPS) is 14.5. The second-order valence-electron chi connectivity index (χ2n) is 7.28. The molecule has 6 heteroatoms. The zero-order valence-electron chi connectivity index (χ0n) is 18.5. The van der Waals surface area contributed by atoms with Gasteiger partial charge >= 0.3 is 0 Å². The van der Waals surface area contributed by atoms with Gasteiger partial charge in [-0.3, -0.25) is 9.69 Å². The van der Waals surface area contributed by atoms with Crippen LogP contribution < -0.4 is 19.1 Å². The van der Waals surface area contributed by atoms with E-state index in [0.29, 0.717) is 28.7 Å². The number of amidine groups is 1. The SMILES string of the molecule is COc1ccc(N2C(=O)/C(=C\c3ccc(OC)c(OC)c3)N=C2c2ccc(C)cc2)cc1. The molecule has 0 aliphatic carbocycles. The lowest BCUT2D eigenvalue weighted by atomic mass is 10.1. The van der Waals surface area contributed by atoms with Crippen LogP contribution in [0.5, 0.6) is 17.2 Å². The number of aliphatic imine (C=N–C) groups is 1. The van der Waals surface area contributed by atoms with Gasteiger partial charge < -0.3 is 14.2 Å². The molecule has 0 aromatic heterocycles. The maximum atomic E-state index is 13.4. The number of hydrogen-bond donors (Lipinski definition) is 0. The van der Waals surface area contributed by atoms with Gasteiger partial charge in [-0.15, -0.1) is 0 Å². The number of anilines is 1. The smallest absolute Gasteiger partial charge is 0.282 e. The van der Waals surface area contributed by atoms with Gasteiger partial charge in [0.05, 0.1) is 27.0 Å². The second kappa shape index (κ2) is 8.98. The standard InChI is InChI=1S/C26H24N2O4/c1-17-5-8-19(9-6-17)25-27-22(15-18-7-14-23(31-3)24(16-18)32-4)26(29)28(25)20-10-12-21(30-2)13-11-20/h5-16H,1-4H3/b22-15+. The van der Waals surface area contributed by atoms with Gasteiger partial charge in [-0.05, 0) is 55.0 Å². The van der Waals surface area contributed by atoms with Gasteiger partial charge in [-0.1, -0.05) is 35.9 Å². The number of carbonyl (C=O) groups excluding carboxylic acids is 1. The number of ether oxygens (including phenoxy) is 3. The molecule has 0 saturated carbocycles. The summed E-state index contributed by atoms with van der Waals surface area (Å²) >= 11 is 0. The van der Waals surface area contributed by atoms with Crippen LogP contribution in [0.3, 0.4) is 0 Å². The Balaban J connectivity index is 1.79. The molecule has 0 atom stereocenters. The van der Waals surface area contributed by atoms with Crippen LogP contribution in [0.2, 0.25) is 0 Å². The fourth-order valence-corrected chi connectivity index (χ4v) is 3.48. The quantitative estimate of drug-likeness (QED) is 0.527. The summed E-state index contributed by atoms with van der Waals surface area (Å²) < 4.78 is 15.9. The van der Waals surface area contributed by atoms with Crippen molar-refractivity contribution in [2.45, 2.75) is 6.92 Å². The minimum atomic E-state index is -0.208. The van der Waals surface area contributed by atoms with E-state index in [2.05, 4.69) is 0 Å². The third kappa shape index (κ3) is 4.07. The molecule has 3 aromatic rings. The third-order valence-electron chi connectivity index (χ3n) is 5.21.